The van der Waals surface area contributed by atoms with Gasteiger partial charge in [-0.3, -0.25) is 14.4 Å². The Labute approximate surface area is 236 Å². The van der Waals surface area contributed by atoms with Gasteiger partial charge in [0.1, 0.15) is 19.0 Å². The van der Waals surface area contributed by atoms with Crippen molar-refractivity contribution in [2.45, 2.75) is 65.2 Å². The summed E-state index contributed by atoms with van der Waals surface area (Å²) in [7, 11) is 0. The Morgan fingerprint density at radius 3 is 2.05 bits per heavy atom. The average molecular weight is 549 g/mol. The summed E-state index contributed by atoms with van der Waals surface area (Å²) in [5.74, 6) is -0.104. The Morgan fingerprint density at radius 1 is 0.846 bits per heavy atom. The first kappa shape index (κ1) is 30.1. The molecule has 39 heavy (non-hydrogen) atoms. The highest BCUT2D eigenvalue weighted by molar-refractivity contribution is 6.32. The van der Waals surface area contributed by atoms with Crippen LogP contribution in [0.1, 0.15) is 90.8 Å². The molecule has 3 aromatic rings. The summed E-state index contributed by atoms with van der Waals surface area (Å²) in [6.45, 7) is 10.5. The lowest BCUT2D eigenvalue weighted by Crippen LogP contribution is -2.14. The Kier molecular flexibility index (Phi) is 10.5. The lowest BCUT2D eigenvalue weighted by atomic mass is 9.86. The maximum Gasteiger partial charge on any atom is 0.305 e. The normalized spacial score (nSPS) is 12.1. The number of ether oxygens (including phenoxy) is 2. The predicted molar refractivity (Wildman–Crippen MR) is 155 cm³/mol. The van der Waals surface area contributed by atoms with Crippen LogP contribution in [0.5, 0.6) is 5.75 Å². The first-order valence-electron chi connectivity index (χ1n) is 13.4. The number of hydrogen-bond donors (Lipinski definition) is 0. The molecule has 0 aliphatic rings. The van der Waals surface area contributed by atoms with E-state index in [0.717, 1.165) is 11.1 Å². The van der Waals surface area contributed by atoms with E-state index in [1.54, 1.807) is 37.3 Å². The number of carbonyl (C=O) groups is 3. The van der Waals surface area contributed by atoms with E-state index in [1.165, 1.54) is 5.56 Å². The fraction of sp³-hybridized carbons (Fsp3) is 0.364. The van der Waals surface area contributed by atoms with Gasteiger partial charge in [-0.2, -0.15) is 0 Å². The van der Waals surface area contributed by atoms with Crippen molar-refractivity contribution in [1.29, 1.82) is 0 Å². The van der Waals surface area contributed by atoms with E-state index >= 15 is 0 Å². The molecule has 3 rings (SSSR count). The molecule has 0 N–H and O–H groups in total. The van der Waals surface area contributed by atoms with Gasteiger partial charge in [0.15, 0.2) is 11.6 Å². The van der Waals surface area contributed by atoms with E-state index in [-0.39, 0.29) is 42.6 Å². The highest BCUT2D eigenvalue weighted by Crippen LogP contribution is 2.32. The summed E-state index contributed by atoms with van der Waals surface area (Å²) >= 11 is 6.64. The Balaban J connectivity index is 1.65. The maximum atomic E-state index is 13.3. The topological polar surface area (TPSA) is 69.7 Å². The van der Waals surface area contributed by atoms with Crippen LogP contribution in [0.4, 0.5) is 0 Å². The molecule has 6 heteroatoms. The number of rotatable bonds is 12. The highest BCUT2D eigenvalue weighted by Gasteiger charge is 2.23. The fourth-order valence-electron chi connectivity index (χ4n) is 4.29. The Morgan fingerprint density at radius 2 is 1.49 bits per heavy atom. The van der Waals surface area contributed by atoms with E-state index in [4.69, 9.17) is 21.1 Å². The van der Waals surface area contributed by atoms with Crippen LogP contribution in [0.2, 0.25) is 5.02 Å². The van der Waals surface area contributed by atoms with Crippen molar-refractivity contribution in [3.05, 3.63) is 99.6 Å². The minimum absolute atomic E-state index is 0.0215. The number of Topliss-reactive ketones (excluding diaryl/α,β-unsaturated/α-hetero) is 2. The van der Waals surface area contributed by atoms with Crippen LogP contribution in [-0.2, 0) is 21.4 Å². The molecule has 1 atom stereocenters. The molecule has 0 saturated carbocycles. The van der Waals surface area contributed by atoms with Gasteiger partial charge in [0.25, 0.3) is 0 Å². The lowest BCUT2D eigenvalue weighted by Gasteiger charge is -2.19. The van der Waals surface area contributed by atoms with E-state index in [2.05, 4.69) is 20.8 Å². The highest BCUT2D eigenvalue weighted by atomic mass is 35.5. The molecule has 5 nitrogen and oxygen atoms in total. The predicted octanol–water partition coefficient (Wildman–Crippen LogP) is 7.77. The van der Waals surface area contributed by atoms with Gasteiger partial charge in [0.2, 0.25) is 0 Å². The smallest absolute Gasteiger partial charge is 0.305 e. The SMILES string of the molecule is CCC(=O)OCCOc1ccc(C(=O)C(CC)c2ccc(CC(=O)c3ccc(C(C)(C)C)cc3)cc2Cl)cc1. The molecule has 0 aliphatic carbocycles. The maximum absolute atomic E-state index is 13.3. The summed E-state index contributed by atoms with van der Waals surface area (Å²) in [5.41, 5.74) is 3.98. The van der Waals surface area contributed by atoms with Gasteiger partial charge in [-0.1, -0.05) is 82.6 Å². The second-order valence-electron chi connectivity index (χ2n) is 10.6. The van der Waals surface area contributed by atoms with Crippen LogP contribution in [0.3, 0.4) is 0 Å². The van der Waals surface area contributed by atoms with Crippen LogP contribution < -0.4 is 4.74 Å². The minimum Gasteiger partial charge on any atom is -0.490 e. The zero-order chi connectivity index (χ0) is 28.6. The van der Waals surface area contributed by atoms with Crippen LogP contribution in [0.15, 0.2) is 66.7 Å². The molecule has 0 aromatic heterocycles. The quantitative estimate of drug-likeness (QED) is 0.131. The van der Waals surface area contributed by atoms with Crippen LogP contribution in [-0.4, -0.2) is 30.7 Å². The zero-order valence-electron chi connectivity index (χ0n) is 23.4. The van der Waals surface area contributed by atoms with Crippen molar-refractivity contribution < 1.29 is 23.9 Å². The third-order valence-corrected chi connectivity index (χ3v) is 6.97. The molecule has 206 valence electrons. The lowest BCUT2D eigenvalue weighted by molar-refractivity contribution is -0.143. The van der Waals surface area contributed by atoms with Crippen molar-refractivity contribution in [1.82, 2.24) is 0 Å². The number of ketones is 2. The first-order chi connectivity index (χ1) is 18.5. The standard InChI is InChI=1S/C33H37ClO5/c1-6-27(32(37)24-11-15-26(16-12-24)38-18-19-39-31(36)7-2)28-17-8-22(20-29(28)34)21-30(35)23-9-13-25(14-10-23)33(3,4)5/h8-17,20,27H,6-7,18-19,21H2,1-5H3. The number of benzene rings is 3. The van der Waals surface area contributed by atoms with Crippen molar-refractivity contribution >= 4 is 29.1 Å². The number of carbonyl (C=O) groups excluding carboxylic acids is 3. The molecule has 3 aromatic carbocycles. The Hall–Kier alpha value is -3.44. The fourth-order valence-corrected chi connectivity index (χ4v) is 4.62. The van der Waals surface area contributed by atoms with Crippen molar-refractivity contribution in [3.63, 3.8) is 0 Å². The summed E-state index contributed by atoms with van der Waals surface area (Å²) < 4.78 is 10.6. The Bertz CT molecular complexity index is 1290. The van der Waals surface area contributed by atoms with Gasteiger partial charge in [0, 0.05) is 34.9 Å². The molecule has 0 heterocycles. The molecular formula is C33H37ClO5. The first-order valence-corrected chi connectivity index (χ1v) is 13.8. The third kappa shape index (κ3) is 8.27. The molecule has 0 aliphatic heterocycles. The van der Waals surface area contributed by atoms with Crippen LogP contribution in [0, 0.1) is 0 Å². The molecule has 0 spiro atoms. The second-order valence-corrected chi connectivity index (χ2v) is 11.0. The van der Waals surface area contributed by atoms with E-state index in [9.17, 15) is 14.4 Å². The van der Waals surface area contributed by atoms with Crippen molar-refractivity contribution in [2.75, 3.05) is 13.2 Å². The van der Waals surface area contributed by atoms with Gasteiger partial charge in [-0.05, 0) is 58.9 Å². The molecular weight excluding hydrogens is 512 g/mol. The average Bonchev–Trinajstić information content (AvgIpc) is 2.92. The van der Waals surface area contributed by atoms with Gasteiger partial charge < -0.3 is 9.47 Å². The minimum atomic E-state index is -0.410. The van der Waals surface area contributed by atoms with Crippen molar-refractivity contribution in [3.8, 4) is 5.75 Å². The summed E-state index contributed by atoms with van der Waals surface area (Å²) in [4.78, 5) is 37.4. The van der Waals surface area contributed by atoms with Crippen molar-refractivity contribution in [2.24, 2.45) is 0 Å². The molecule has 0 bridgehead atoms. The molecule has 0 amide bonds. The van der Waals surface area contributed by atoms with Gasteiger partial charge in [0.05, 0.1) is 0 Å². The summed E-state index contributed by atoms with van der Waals surface area (Å²) in [5, 5.41) is 0.477. The summed E-state index contributed by atoms with van der Waals surface area (Å²) in [6.07, 6.45) is 1.14. The van der Waals surface area contributed by atoms with E-state index in [0.29, 0.717) is 34.7 Å². The summed E-state index contributed by atoms with van der Waals surface area (Å²) in [6, 6.07) is 20.2. The molecule has 0 saturated heterocycles. The third-order valence-electron chi connectivity index (χ3n) is 6.65. The zero-order valence-corrected chi connectivity index (χ0v) is 24.1. The van der Waals surface area contributed by atoms with E-state index in [1.807, 2.05) is 43.3 Å². The second kappa shape index (κ2) is 13.6. The van der Waals surface area contributed by atoms with Crippen LogP contribution in [0.25, 0.3) is 0 Å². The van der Waals surface area contributed by atoms with Crippen LogP contribution >= 0.6 is 11.6 Å². The largest absolute Gasteiger partial charge is 0.490 e. The number of esters is 1. The molecule has 0 radical (unpaired) electrons. The van der Waals surface area contributed by atoms with Gasteiger partial charge in [-0.25, -0.2) is 0 Å². The van der Waals surface area contributed by atoms with E-state index < -0.39 is 5.92 Å². The molecule has 0 fully saturated rings. The molecule has 1 unspecified atom stereocenters. The monoisotopic (exact) mass is 548 g/mol. The van der Waals surface area contributed by atoms with Gasteiger partial charge in [-0.15, -0.1) is 0 Å². The number of hydrogen-bond acceptors (Lipinski definition) is 5. The van der Waals surface area contributed by atoms with Gasteiger partial charge >= 0.3 is 5.97 Å². The number of halogens is 1.